The highest BCUT2D eigenvalue weighted by atomic mass is 16.6. The molecule has 6 nitrogen and oxygen atoms in total. The Balaban J connectivity index is 1.38. The Bertz CT molecular complexity index is 999. The van der Waals surface area contributed by atoms with Crippen LogP contribution in [0.15, 0.2) is 66.7 Å². The van der Waals surface area contributed by atoms with E-state index < -0.39 is 0 Å². The highest BCUT2D eigenvalue weighted by Gasteiger charge is 2.34. The number of methoxy groups -OCH3 is 2. The summed E-state index contributed by atoms with van der Waals surface area (Å²) >= 11 is 0. The lowest BCUT2D eigenvalue weighted by Crippen LogP contribution is -2.88. The van der Waals surface area contributed by atoms with Crippen molar-refractivity contribution in [2.45, 2.75) is 19.1 Å². The summed E-state index contributed by atoms with van der Waals surface area (Å²) in [6.07, 6.45) is -0.287. The van der Waals surface area contributed by atoms with Gasteiger partial charge in [0.25, 0.3) is 0 Å². The Kier molecular flexibility index (Phi) is 7.02. The molecule has 168 valence electrons. The second-order valence-electron chi connectivity index (χ2n) is 7.71. The lowest BCUT2D eigenvalue weighted by atomic mass is 10.0. The van der Waals surface area contributed by atoms with Gasteiger partial charge in [0.1, 0.15) is 19.7 Å². The van der Waals surface area contributed by atoms with E-state index in [4.69, 9.17) is 23.7 Å². The van der Waals surface area contributed by atoms with Crippen molar-refractivity contribution in [3.8, 4) is 28.7 Å². The smallest absolute Gasteiger partial charge is 0.203 e. The van der Waals surface area contributed by atoms with Gasteiger partial charge in [-0.05, 0) is 36.8 Å². The topological polar surface area (TPSA) is 62.8 Å². The van der Waals surface area contributed by atoms with Crippen LogP contribution in [-0.4, -0.2) is 40.0 Å². The Morgan fingerprint density at radius 1 is 0.812 bits per heavy atom. The Hall–Kier alpha value is -3.38. The van der Waals surface area contributed by atoms with Crippen LogP contribution in [0, 0.1) is 6.92 Å². The zero-order chi connectivity index (χ0) is 22.3. The van der Waals surface area contributed by atoms with Gasteiger partial charge in [0, 0.05) is 0 Å². The summed E-state index contributed by atoms with van der Waals surface area (Å²) in [5.74, 6) is 3.49. The predicted octanol–water partition coefficient (Wildman–Crippen LogP) is 3.54. The molecular weight excluding hydrogens is 406 g/mol. The van der Waals surface area contributed by atoms with Crippen LogP contribution in [0.5, 0.6) is 28.7 Å². The van der Waals surface area contributed by atoms with Crippen molar-refractivity contribution in [3.05, 3.63) is 77.9 Å². The first-order chi connectivity index (χ1) is 15.7. The molecule has 2 N–H and O–H groups in total. The molecule has 3 aromatic carbocycles. The summed E-state index contributed by atoms with van der Waals surface area (Å²) in [7, 11) is 3.24. The first-order valence-electron chi connectivity index (χ1n) is 10.8. The zero-order valence-corrected chi connectivity index (χ0v) is 18.7. The van der Waals surface area contributed by atoms with E-state index in [0.29, 0.717) is 23.9 Å². The first-order valence-corrected chi connectivity index (χ1v) is 10.8. The number of fused-ring (bicyclic) bond motifs is 1. The van der Waals surface area contributed by atoms with Crippen LogP contribution in [0.3, 0.4) is 0 Å². The Morgan fingerprint density at radius 3 is 2.12 bits per heavy atom. The van der Waals surface area contributed by atoms with Gasteiger partial charge in [-0.25, -0.2) is 0 Å². The monoisotopic (exact) mass is 436 g/mol. The number of hydrogen-bond donors (Lipinski definition) is 1. The highest BCUT2D eigenvalue weighted by Crippen LogP contribution is 2.39. The Morgan fingerprint density at radius 2 is 1.47 bits per heavy atom. The number of para-hydroxylation sites is 3. The van der Waals surface area contributed by atoms with Crippen LogP contribution in [0.4, 0.5) is 0 Å². The molecular formula is C26H30NO5+. The fourth-order valence-corrected chi connectivity index (χ4v) is 3.78. The number of nitrogens with two attached hydrogens (primary N) is 1. The predicted molar refractivity (Wildman–Crippen MR) is 122 cm³/mol. The van der Waals surface area contributed by atoms with Crippen molar-refractivity contribution in [2.75, 3.05) is 33.9 Å². The van der Waals surface area contributed by atoms with Crippen molar-refractivity contribution in [3.63, 3.8) is 0 Å². The minimum Gasteiger partial charge on any atom is -0.493 e. The quantitative estimate of drug-likeness (QED) is 0.520. The van der Waals surface area contributed by atoms with Crippen LogP contribution in [0.25, 0.3) is 0 Å². The molecule has 0 spiro atoms. The molecule has 1 aliphatic heterocycles. The van der Waals surface area contributed by atoms with E-state index in [-0.39, 0.29) is 12.2 Å². The molecule has 0 bridgehead atoms. The number of hydrogen-bond acceptors (Lipinski definition) is 5. The van der Waals surface area contributed by atoms with Crippen molar-refractivity contribution >= 4 is 0 Å². The average molecular weight is 437 g/mol. The number of benzene rings is 3. The van der Waals surface area contributed by atoms with Gasteiger partial charge in [-0.1, -0.05) is 48.0 Å². The lowest BCUT2D eigenvalue weighted by molar-refractivity contribution is -0.662. The van der Waals surface area contributed by atoms with Crippen LogP contribution >= 0.6 is 0 Å². The first kappa shape index (κ1) is 21.8. The molecule has 32 heavy (non-hydrogen) atoms. The van der Waals surface area contributed by atoms with Gasteiger partial charge in [-0.15, -0.1) is 0 Å². The van der Waals surface area contributed by atoms with E-state index in [9.17, 15) is 0 Å². The van der Waals surface area contributed by atoms with E-state index in [2.05, 4.69) is 36.5 Å². The third kappa shape index (κ3) is 4.92. The summed E-state index contributed by atoms with van der Waals surface area (Å²) < 4.78 is 29.4. The summed E-state index contributed by atoms with van der Waals surface area (Å²) in [4.78, 5) is 0. The van der Waals surface area contributed by atoms with Gasteiger partial charge in [-0.2, -0.15) is 0 Å². The molecule has 0 unspecified atom stereocenters. The summed E-state index contributed by atoms with van der Waals surface area (Å²) in [5, 5.41) is 2.19. The van der Waals surface area contributed by atoms with Gasteiger partial charge in [0.2, 0.25) is 5.75 Å². The summed E-state index contributed by atoms with van der Waals surface area (Å²) in [6, 6.07) is 21.9. The fourth-order valence-electron chi connectivity index (χ4n) is 3.78. The molecule has 1 heterocycles. The molecule has 0 saturated carbocycles. The Labute approximate surface area is 189 Å². The fraction of sp³-hybridized carbons (Fsp3) is 0.308. The highest BCUT2D eigenvalue weighted by molar-refractivity contribution is 5.51. The van der Waals surface area contributed by atoms with Crippen molar-refractivity contribution in [1.29, 1.82) is 0 Å². The zero-order valence-electron chi connectivity index (χ0n) is 18.7. The molecule has 2 atom stereocenters. The van der Waals surface area contributed by atoms with Gasteiger partial charge in [-0.3, -0.25) is 0 Å². The van der Waals surface area contributed by atoms with E-state index in [1.54, 1.807) is 14.2 Å². The maximum atomic E-state index is 6.35. The molecule has 0 aliphatic carbocycles. The molecule has 0 fully saturated rings. The third-order valence-electron chi connectivity index (χ3n) is 5.47. The number of rotatable bonds is 9. The van der Waals surface area contributed by atoms with Crippen LogP contribution in [0.1, 0.15) is 17.2 Å². The van der Waals surface area contributed by atoms with E-state index in [1.807, 2.05) is 42.5 Å². The molecule has 4 rings (SSSR count). The average Bonchev–Trinajstić information content (AvgIpc) is 2.83. The van der Waals surface area contributed by atoms with Crippen molar-refractivity contribution < 1.29 is 29.0 Å². The van der Waals surface area contributed by atoms with E-state index in [1.165, 1.54) is 5.56 Å². The number of aryl methyl sites for hydroxylation is 1. The van der Waals surface area contributed by atoms with Gasteiger partial charge < -0.3 is 29.0 Å². The second kappa shape index (κ2) is 10.3. The molecule has 0 aromatic heterocycles. The molecule has 0 amide bonds. The minimum atomic E-state index is -0.169. The summed E-state index contributed by atoms with van der Waals surface area (Å²) in [6.45, 7) is 4.08. The van der Waals surface area contributed by atoms with E-state index >= 15 is 0 Å². The maximum Gasteiger partial charge on any atom is 0.203 e. The van der Waals surface area contributed by atoms with Crippen LogP contribution < -0.4 is 29.0 Å². The SMILES string of the molecule is COc1cccc(OC)c1OCC[NH2+]C[C@H]1Oc2ccccc2O[C@H]1c1ccc(C)cc1. The third-order valence-corrected chi connectivity index (χ3v) is 5.47. The largest absolute Gasteiger partial charge is 0.493 e. The second-order valence-corrected chi connectivity index (χ2v) is 7.71. The summed E-state index contributed by atoms with van der Waals surface area (Å²) in [5.41, 5.74) is 2.33. The standard InChI is InChI=1S/C26H29NO5/c1-18-11-13-19(14-12-18)25-24(31-20-7-4-5-8-21(20)32-25)17-27-15-16-30-26-22(28-2)9-6-10-23(26)29-3/h4-14,24-25,27H,15-17H2,1-3H3/p+1/t24-,25+/m1/s1. The van der Waals surface area contributed by atoms with Crippen molar-refractivity contribution in [1.82, 2.24) is 0 Å². The van der Waals surface area contributed by atoms with Gasteiger partial charge in [0.05, 0.1) is 14.2 Å². The molecule has 1 aliphatic rings. The van der Waals surface area contributed by atoms with Gasteiger partial charge >= 0.3 is 0 Å². The maximum absolute atomic E-state index is 6.35. The number of ether oxygens (including phenoxy) is 5. The molecule has 6 heteroatoms. The van der Waals surface area contributed by atoms with Crippen LogP contribution in [0.2, 0.25) is 0 Å². The van der Waals surface area contributed by atoms with E-state index in [0.717, 1.165) is 30.2 Å². The van der Waals surface area contributed by atoms with Gasteiger partial charge in [0.15, 0.2) is 35.2 Å². The molecule has 3 aromatic rings. The minimum absolute atomic E-state index is 0.117. The molecule has 0 saturated heterocycles. The number of quaternary nitrogens is 1. The van der Waals surface area contributed by atoms with Crippen molar-refractivity contribution in [2.24, 2.45) is 0 Å². The lowest BCUT2D eigenvalue weighted by Gasteiger charge is -2.33. The normalized spacial score (nSPS) is 17.0. The molecule has 0 radical (unpaired) electrons. The van der Waals surface area contributed by atoms with Crippen LogP contribution in [-0.2, 0) is 0 Å².